The topological polar surface area (TPSA) is 55.1 Å². The summed E-state index contributed by atoms with van der Waals surface area (Å²) in [7, 11) is 0. The third-order valence-corrected chi connectivity index (χ3v) is 1.76. The van der Waals surface area contributed by atoms with Gasteiger partial charge in [-0.25, -0.2) is 0 Å². The van der Waals surface area contributed by atoms with Gasteiger partial charge in [-0.3, -0.25) is 4.79 Å². The smallest absolute Gasteiger partial charge is 0.347 e. The summed E-state index contributed by atoms with van der Waals surface area (Å²) in [5.74, 6) is -1.13. The molecule has 3 nitrogen and oxygen atoms in total. The number of hydrogen-bond acceptors (Lipinski definition) is 2. The molecule has 1 amide bonds. The maximum absolute atomic E-state index is 11.7. The second kappa shape index (κ2) is 5.85. The van der Waals surface area contributed by atoms with Gasteiger partial charge in [0.1, 0.15) is 6.54 Å². The van der Waals surface area contributed by atoms with Crippen LogP contribution < -0.4 is 11.1 Å². The van der Waals surface area contributed by atoms with E-state index in [4.69, 9.17) is 5.73 Å². The van der Waals surface area contributed by atoms with Gasteiger partial charge in [0.2, 0.25) is 5.91 Å². The number of carbonyl (C=O) groups excluding carboxylic acids is 1. The number of amides is 1. The van der Waals surface area contributed by atoms with E-state index in [0.29, 0.717) is 6.42 Å². The third-order valence-electron chi connectivity index (χ3n) is 1.76. The normalized spacial score (nSPS) is 13.8. The minimum Gasteiger partial charge on any atom is -0.347 e. The maximum Gasteiger partial charge on any atom is 0.405 e. The van der Waals surface area contributed by atoms with Crippen molar-refractivity contribution in [3.8, 4) is 0 Å². The van der Waals surface area contributed by atoms with Crippen LogP contribution in [0.2, 0.25) is 0 Å². The third kappa shape index (κ3) is 5.80. The Balaban J connectivity index is 3.93. The lowest BCUT2D eigenvalue weighted by molar-refractivity contribution is -0.140. The molecule has 6 heteroatoms. The number of hydrogen-bond donors (Lipinski definition) is 2. The highest BCUT2D eigenvalue weighted by molar-refractivity contribution is 5.78. The van der Waals surface area contributed by atoms with Gasteiger partial charge in [0.15, 0.2) is 0 Å². The van der Waals surface area contributed by atoms with Gasteiger partial charge >= 0.3 is 6.18 Å². The zero-order valence-corrected chi connectivity index (χ0v) is 8.03. The molecule has 0 rings (SSSR count). The van der Waals surface area contributed by atoms with Gasteiger partial charge in [-0.2, -0.15) is 13.2 Å². The van der Waals surface area contributed by atoms with Crippen LogP contribution in [-0.4, -0.2) is 25.2 Å². The Morgan fingerprint density at radius 2 is 2.07 bits per heavy atom. The number of alkyl halides is 3. The molecule has 0 aliphatic heterocycles. The highest BCUT2D eigenvalue weighted by Crippen LogP contribution is 2.13. The highest BCUT2D eigenvalue weighted by atomic mass is 19.4. The molecular weight excluding hydrogens is 197 g/mol. The molecule has 0 saturated heterocycles. The molecule has 0 radical (unpaired) electrons. The lowest BCUT2D eigenvalue weighted by Gasteiger charge is -2.14. The first-order chi connectivity index (χ1) is 6.40. The van der Waals surface area contributed by atoms with Crippen LogP contribution in [0.5, 0.6) is 0 Å². The van der Waals surface area contributed by atoms with E-state index in [1.807, 2.05) is 12.2 Å². The Hall–Kier alpha value is -0.780. The van der Waals surface area contributed by atoms with Crippen LogP contribution in [-0.2, 0) is 4.79 Å². The molecule has 84 valence electrons. The first-order valence-corrected chi connectivity index (χ1v) is 4.45. The summed E-state index contributed by atoms with van der Waals surface area (Å²) in [6, 6.07) is 0. The van der Waals surface area contributed by atoms with Crippen LogP contribution in [0.4, 0.5) is 13.2 Å². The number of carbonyl (C=O) groups is 1. The van der Waals surface area contributed by atoms with Crippen molar-refractivity contribution in [1.82, 2.24) is 5.32 Å². The molecule has 0 aromatic rings. The van der Waals surface area contributed by atoms with E-state index in [2.05, 4.69) is 0 Å². The number of rotatable bonds is 5. The highest BCUT2D eigenvalue weighted by Gasteiger charge is 2.28. The number of halogens is 3. The molecule has 14 heavy (non-hydrogen) atoms. The zero-order chi connectivity index (χ0) is 11.2. The predicted molar refractivity (Wildman–Crippen MR) is 46.5 cm³/mol. The van der Waals surface area contributed by atoms with Crippen LogP contribution in [0.15, 0.2) is 0 Å². The van der Waals surface area contributed by atoms with Crippen molar-refractivity contribution in [1.29, 1.82) is 0 Å². The molecule has 1 atom stereocenters. The fourth-order valence-corrected chi connectivity index (χ4v) is 1.04. The van der Waals surface area contributed by atoms with Crippen LogP contribution in [0, 0.1) is 5.92 Å². The van der Waals surface area contributed by atoms with Gasteiger partial charge in [-0.1, -0.05) is 13.3 Å². The monoisotopic (exact) mass is 212 g/mol. The van der Waals surface area contributed by atoms with E-state index in [1.165, 1.54) is 0 Å². The molecule has 0 fully saturated rings. The van der Waals surface area contributed by atoms with Crippen LogP contribution in [0.3, 0.4) is 0 Å². The van der Waals surface area contributed by atoms with Gasteiger partial charge in [0, 0.05) is 6.54 Å². The molecule has 0 aromatic carbocycles. The summed E-state index contributed by atoms with van der Waals surface area (Å²) in [6.45, 7) is 0.642. The standard InChI is InChI=1S/C8H15F3N2O/c1-2-3-6(4-12)7(14)13-5-8(9,10)11/h6H,2-5,12H2,1H3,(H,13,14). The predicted octanol–water partition coefficient (Wildman–Crippen LogP) is 1.04. The Morgan fingerprint density at radius 3 is 2.43 bits per heavy atom. The van der Waals surface area contributed by atoms with Crippen LogP contribution in [0.1, 0.15) is 19.8 Å². The van der Waals surface area contributed by atoms with E-state index in [-0.39, 0.29) is 6.54 Å². The molecule has 0 heterocycles. The fourth-order valence-electron chi connectivity index (χ4n) is 1.04. The lowest BCUT2D eigenvalue weighted by Crippen LogP contribution is -2.40. The quantitative estimate of drug-likeness (QED) is 0.715. The van der Waals surface area contributed by atoms with Crippen molar-refractivity contribution in [3.05, 3.63) is 0 Å². The van der Waals surface area contributed by atoms with Crippen molar-refractivity contribution < 1.29 is 18.0 Å². The van der Waals surface area contributed by atoms with E-state index in [1.54, 1.807) is 0 Å². The molecule has 0 aliphatic carbocycles. The SMILES string of the molecule is CCCC(CN)C(=O)NCC(F)(F)F. The summed E-state index contributed by atoms with van der Waals surface area (Å²) in [5, 5.41) is 1.81. The summed E-state index contributed by atoms with van der Waals surface area (Å²) in [5.41, 5.74) is 5.26. The minimum absolute atomic E-state index is 0.0809. The Morgan fingerprint density at radius 1 is 1.50 bits per heavy atom. The molecular formula is C8H15F3N2O. The second-order valence-electron chi connectivity index (χ2n) is 3.05. The Bertz CT molecular complexity index is 182. The molecule has 0 aromatic heterocycles. The van der Waals surface area contributed by atoms with Crippen molar-refractivity contribution >= 4 is 5.91 Å². The Kier molecular flexibility index (Phi) is 5.52. The summed E-state index contributed by atoms with van der Waals surface area (Å²) >= 11 is 0. The lowest BCUT2D eigenvalue weighted by atomic mass is 10.0. The van der Waals surface area contributed by atoms with Crippen molar-refractivity contribution in [2.45, 2.75) is 25.9 Å². The fraction of sp³-hybridized carbons (Fsp3) is 0.875. The van der Waals surface area contributed by atoms with E-state index in [0.717, 1.165) is 6.42 Å². The summed E-state index contributed by atoms with van der Waals surface area (Å²) in [6.07, 6.45) is -3.12. The van der Waals surface area contributed by atoms with E-state index in [9.17, 15) is 18.0 Å². The first kappa shape index (κ1) is 13.2. The first-order valence-electron chi connectivity index (χ1n) is 4.45. The molecule has 0 bridgehead atoms. The van der Waals surface area contributed by atoms with Crippen molar-refractivity contribution in [2.75, 3.05) is 13.1 Å². The average Bonchev–Trinajstić information content (AvgIpc) is 2.09. The molecule has 3 N–H and O–H groups in total. The van der Waals surface area contributed by atoms with Gasteiger partial charge in [0.25, 0.3) is 0 Å². The van der Waals surface area contributed by atoms with Gasteiger partial charge in [-0.05, 0) is 6.42 Å². The molecule has 0 aliphatic rings. The molecule has 1 unspecified atom stereocenters. The minimum atomic E-state index is -4.36. The molecule has 0 spiro atoms. The van der Waals surface area contributed by atoms with Crippen LogP contribution in [0.25, 0.3) is 0 Å². The van der Waals surface area contributed by atoms with Crippen molar-refractivity contribution in [2.24, 2.45) is 11.7 Å². The zero-order valence-electron chi connectivity index (χ0n) is 8.03. The second-order valence-corrected chi connectivity index (χ2v) is 3.05. The summed E-state index contributed by atoms with van der Waals surface area (Å²) in [4.78, 5) is 11.1. The Labute approximate surface area is 80.8 Å². The van der Waals surface area contributed by atoms with Crippen LogP contribution >= 0.6 is 0 Å². The van der Waals surface area contributed by atoms with Gasteiger partial charge in [0.05, 0.1) is 5.92 Å². The van der Waals surface area contributed by atoms with Gasteiger partial charge < -0.3 is 11.1 Å². The number of nitrogens with two attached hydrogens (primary N) is 1. The van der Waals surface area contributed by atoms with E-state index >= 15 is 0 Å². The van der Waals surface area contributed by atoms with E-state index < -0.39 is 24.5 Å². The molecule has 0 saturated carbocycles. The number of nitrogens with one attached hydrogen (secondary N) is 1. The largest absolute Gasteiger partial charge is 0.405 e. The maximum atomic E-state index is 11.7. The average molecular weight is 212 g/mol. The van der Waals surface area contributed by atoms with Gasteiger partial charge in [-0.15, -0.1) is 0 Å². The van der Waals surface area contributed by atoms with Crippen molar-refractivity contribution in [3.63, 3.8) is 0 Å². The summed E-state index contributed by atoms with van der Waals surface area (Å²) < 4.78 is 35.2.